The molecular weight excluding hydrogens is 388 g/mol. The van der Waals surface area contributed by atoms with Crippen LogP contribution in [0.2, 0.25) is 0 Å². The molecule has 0 radical (unpaired) electrons. The lowest BCUT2D eigenvalue weighted by atomic mass is 10.2. The third-order valence-electron chi connectivity index (χ3n) is 3.90. The van der Waals surface area contributed by atoms with E-state index in [0.29, 0.717) is 23.5 Å². The number of hydrogen-bond donors (Lipinski definition) is 2. The Bertz CT molecular complexity index is 891. The first-order chi connectivity index (χ1) is 14.4. The minimum atomic E-state index is -0.610. The average molecular weight is 412 g/mol. The van der Waals surface area contributed by atoms with Gasteiger partial charge in [0.15, 0.2) is 6.61 Å². The van der Waals surface area contributed by atoms with Crippen LogP contribution >= 0.6 is 0 Å². The standard InChI is InChI=1S/C22H24N2O6/c1-3-29-19-11-9-18(10-12-19)24-22(28)16-5-7-17(8-6-16)23-20(26)14-30-21(27)13-4-15(2)25/h5-12H,3-4,13-14H2,1-2H3,(H,23,26)(H,24,28). The Hall–Kier alpha value is -3.68. The molecule has 0 spiro atoms. The number of rotatable bonds is 10. The maximum Gasteiger partial charge on any atom is 0.306 e. The molecule has 0 aliphatic heterocycles. The Morgan fingerprint density at radius 3 is 2.03 bits per heavy atom. The van der Waals surface area contributed by atoms with E-state index in [-0.39, 0.29) is 24.5 Å². The van der Waals surface area contributed by atoms with Gasteiger partial charge in [0.05, 0.1) is 13.0 Å². The molecule has 8 nitrogen and oxygen atoms in total. The van der Waals surface area contributed by atoms with E-state index in [1.54, 1.807) is 48.5 Å². The van der Waals surface area contributed by atoms with Crippen molar-refractivity contribution in [3.63, 3.8) is 0 Å². The van der Waals surface area contributed by atoms with Crippen molar-refractivity contribution in [3.05, 3.63) is 54.1 Å². The van der Waals surface area contributed by atoms with Gasteiger partial charge in [-0.1, -0.05) is 0 Å². The van der Waals surface area contributed by atoms with Crippen LogP contribution in [0.1, 0.15) is 37.0 Å². The zero-order valence-corrected chi connectivity index (χ0v) is 16.9. The second-order valence-electron chi connectivity index (χ2n) is 6.40. The molecule has 0 bridgehead atoms. The van der Waals surface area contributed by atoms with Crippen LogP contribution in [0.5, 0.6) is 5.75 Å². The molecule has 30 heavy (non-hydrogen) atoms. The monoisotopic (exact) mass is 412 g/mol. The molecule has 8 heteroatoms. The van der Waals surface area contributed by atoms with Crippen molar-refractivity contribution in [1.29, 1.82) is 0 Å². The van der Waals surface area contributed by atoms with Crippen LogP contribution in [0, 0.1) is 0 Å². The number of ketones is 1. The van der Waals surface area contributed by atoms with Gasteiger partial charge in [0, 0.05) is 23.4 Å². The number of nitrogens with one attached hydrogen (secondary N) is 2. The summed E-state index contributed by atoms with van der Waals surface area (Å²) in [4.78, 5) is 46.4. The highest BCUT2D eigenvalue weighted by Gasteiger charge is 2.10. The maximum atomic E-state index is 12.3. The number of ether oxygens (including phenoxy) is 2. The smallest absolute Gasteiger partial charge is 0.306 e. The molecule has 0 unspecified atom stereocenters. The molecule has 2 amide bonds. The Kier molecular flexibility index (Phi) is 8.56. The number of anilines is 2. The summed E-state index contributed by atoms with van der Waals surface area (Å²) in [5.74, 6) is -0.820. The van der Waals surface area contributed by atoms with Gasteiger partial charge in [-0.25, -0.2) is 0 Å². The van der Waals surface area contributed by atoms with Crippen LogP contribution < -0.4 is 15.4 Å². The predicted octanol–water partition coefficient (Wildman–Crippen LogP) is 3.19. The number of benzene rings is 2. The molecule has 0 aromatic heterocycles. The van der Waals surface area contributed by atoms with Gasteiger partial charge >= 0.3 is 5.97 Å². The lowest BCUT2D eigenvalue weighted by molar-refractivity contribution is -0.148. The molecule has 0 aliphatic carbocycles. The number of hydrogen-bond acceptors (Lipinski definition) is 6. The number of carbonyl (C=O) groups is 4. The summed E-state index contributed by atoms with van der Waals surface area (Å²) in [6.07, 6.45) is 0.0292. The van der Waals surface area contributed by atoms with Gasteiger partial charge in [-0.05, 0) is 62.4 Å². The van der Waals surface area contributed by atoms with E-state index in [0.717, 1.165) is 5.75 Å². The quantitative estimate of drug-likeness (QED) is 0.580. The van der Waals surface area contributed by atoms with Gasteiger partial charge in [-0.2, -0.15) is 0 Å². The number of amides is 2. The molecule has 2 rings (SSSR count). The predicted molar refractivity (Wildman–Crippen MR) is 112 cm³/mol. The van der Waals surface area contributed by atoms with Gasteiger partial charge in [0.25, 0.3) is 11.8 Å². The summed E-state index contributed by atoms with van der Waals surface area (Å²) < 4.78 is 10.2. The van der Waals surface area contributed by atoms with Gasteiger partial charge in [0.1, 0.15) is 11.5 Å². The first kappa shape index (κ1) is 22.6. The summed E-state index contributed by atoms with van der Waals surface area (Å²) in [6.45, 7) is 3.39. The van der Waals surface area contributed by atoms with Crippen LogP contribution in [-0.2, 0) is 19.1 Å². The fraction of sp³-hybridized carbons (Fsp3) is 0.273. The Labute approximate surface area is 174 Å². The van der Waals surface area contributed by atoms with Crippen LogP contribution in [0.4, 0.5) is 11.4 Å². The molecule has 0 saturated carbocycles. The molecule has 0 saturated heterocycles. The molecular formula is C22H24N2O6. The van der Waals surface area contributed by atoms with E-state index in [1.165, 1.54) is 6.92 Å². The van der Waals surface area contributed by atoms with E-state index in [4.69, 9.17) is 9.47 Å². The van der Waals surface area contributed by atoms with E-state index < -0.39 is 18.5 Å². The van der Waals surface area contributed by atoms with Gasteiger partial charge in [-0.3, -0.25) is 14.4 Å². The van der Waals surface area contributed by atoms with E-state index in [2.05, 4.69) is 10.6 Å². The van der Waals surface area contributed by atoms with Gasteiger partial charge in [-0.15, -0.1) is 0 Å². The molecule has 158 valence electrons. The molecule has 2 aromatic rings. The van der Waals surface area contributed by atoms with Crippen molar-refractivity contribution in [2.24, 2.45) is 0 Å². The second kappa shape index (κ2) is 11.4. The fourth-order valence-electron chi connectivity index (χ4n) is 2.40. The van der Waals surface area contributed by atoms with Crippen molar-refractivity contribution in [2.75, 3.05) is 23.8 Å². The normalized spacial score (nSPS) is 10.1. The summed E-state index contributed by atoms with van der Waals surface area (Å²) in [5.41, 5.74) is 1.50. The topological polar surface area (TPSA) is 111 Å². The average Bonchev–Trinajstić information content (AvgIpc) is 2.73. The first-order valence-electron chi connectivity index (χ1n) is 9.46. The van der Waals surface area contributed by atoms with E-state index in [9.17, 15) is 19.2 Å². The molecule has 0 aliphatic rings. The summed E-state index contributed by atoms with van der Waals surface area (Å²) in [7, 11) is 0. The minimum Gasteiger partial charge on any atom is -0.494 e. The summed E-state index contributed by atoms with van der Waals surface area (Å²) in [6, 6.07) is 13.3. The maximum absolute atomic E-state index is 12.3. The van der Waals surface area contributed by atoms with Crippen molar-refractivity contribution < 1.29 is 28.7 Å². The summed E-state index contributed by atoms with van der Waals surface area (Å²) in [5, 5.41) is 5.34. The molecule has 0 atom stereocenters. The Balaban J connectivity index is 1.82. The zero-order valence-electron chi connectivity index (χ0n) is 16.9. The zero-order chi connectivity index (χ0) is 21.9. The lowest BCUT2D eigenvalue weighted by Crippen LogP contribution is -2.21. The highest BCUT2D eigenvalue weighted by Crippen LogP contribution is 2.17. The summed E-state index contributed by atoms with van der Waals surface area (Å²) >= 11 is 0. The number of esters is 1. The van der Waals surface area contributed by atoms with Crippen LogP contribution in [0.15, 0.2) is 48.5 Å². The van der Waals surface area contributed by atoms with Crippen molar-refractivity contribution in [3.8, 4) is 5.75 Å². The first-order valence-corrected chi connectivity index (χ1v) is 9.46. The Morgan fingerprint density at radius 2 is 1.43 bits per heavy atom. The SMILES string of the molecule is CCOc1ccc(NC(=O)c2ccc(NC(=O)COC(=O)CCC(C)=O)cc2)cc1. The lowest BCUT2D eigenvalue weighted by Gasteiger charge is -2.09. The molecule has 2 N–H and O–H groups in total. The Morgan fingerprint density at radius 1 is 0.833 bits per heavy atom. The third-order valence-corrected chi connectivity index (χ3v) is 3.90. The van der Waals surface area contributed by atoms with E-state index >= 15 is 0 Å². The van der Waals surface area contributed by atoms with Crippen molar-refractivity contribution in [2.45, 2.75) is 26.7 Å². The molecule has 2 aromatic carbocycles. The minimum absolute atomic E-state index is 0.0548. The van der Waals surface area contributed by atoms with Crippen molar-refractivity contribution in [1.82, 2.24) is 0 Å². The number of carbonyl (C=O) groups excluding carboxylic acids is 4. The number of Topliss-reactive ketones (excluding diaryl/α,β-unsaturated/α-hetero) is 1. The highest BCUT2D eigenvalue weighted by atomic mass is 16.5. The largest absolute Gasteiger partial charge is 0.494 e. The third kappa shape index (κ3) is 7.75. The van der Waals surface area contributed by atoms with Gasteiger partial charge < -0.3 is 24.9 Å². The van der Waals surface area contributed by atoms with Crippen molar-refractivity contribution >= 4 is 34.9 Å². The molecule has 0 heterocycles. The molecule has 0 fully saturated rings. The van der Waals surface area contributed by atoms with E-state index in [1.807, 2.05) is 6.92 Å². The second-order valence-corrected chi connectivity index (χ2v) is 6.40. The highest BCUT2D eigenvalue weighted by molar-refractivity contribution is 6.04. The van der Waals surface area contributed by atoms with Crippen LogP contribution in [0.3, 0.4) is 0 Å². The van der Waals surface area contributed by atoms with Crippen LogP contribution in [0.25, 0.3) is 0 Å². The van der Waals surface area contributed by atoms with Gasteiger partial charge in [0.2, 0.25) is 0 Å². The fourth-order valence-corrected chi connectivity index (χ4v) is 2.40. The van der Waals surface area contributed by atoms with Crippen LogP contribution in [-0.4, -0.2) is 36.8 Å².